The van der Waals surface area contributed by atoms with Gasteiger partial charge < -0.3 is 19.6 Å². The normalized spacial score (nSPS) is 10.7. The van der Waals surface area contributed by atoms with E-state index in [0.29, 0.717) is 23.7 Å². The van der Waals surface area contributed by atoms with Crippen molar-refractivity contribution in [3.63, 3.8) is 0 Å². The van der Waals surface area contributed by atoms with E-state index in [1.807, 2.05) is 19.9 Å². The molecule has 2 aromatic heterocycles. The number of pyridine rings is 1. The summed E-state index contributed by atoms with van der Waals surface area (Å²) >= 11 is 0. The minimum absolute atomic E-state index is 0.0184. The number of furan rings is 1. The first-order valence-corrected chi connectivity index (χ1v) is 6.65. The molecule has 2 heterocycles. The summed E-state index contributed by atoms with van der Waals surface area (Å²) in [4.78, 5) is 15.1. The van der Waals surface area contributed by atoms with Crippen molar-refractivity contribution in [1.29, 1.82) is 0 Å². The minimum atomic E-state index is -1.07. The molecule has 2 aromatic rings. The van der Waals surface area contributed by atoms with Gasteiger partial charge in [0.1, 0.15) is 5.76 Å². The lowest BCUT2D eigenvalue weighted by atomic mass is 10.2. The third-order valence-electron chi connectivity index (χ3n) is 2.73. The summed E-state index contributed by atoms with van der Waals surface area (Å²) in [7, 11) is 0. The molecule has 6 nitrogen and oxygen atoms in total. The fourth-order valence-corrected chi connectivity index (χ4v) is 1.87. The number of hydrogen-bond acceptors (Lipinski definition) is 5. The van der Waals surface area contributed by atoms with Gasteiger partial charge in [-0.05, 0) is 39.0 Å². The molecule has 2 N–H and O–H groups in total. The zero-order chi connectivity index (χ0) is 15.4. The molecule has 0 radical (unpaired) electrons. The van der Waals surface area contributed by atoms with Gasteiger partial charge in [-0.15, -0.1) is 0 Å². The number of aromatic nitrogens is 1. The lowest BCUT2D eigenvalue weighted by molar-refractivity contribution is 0.0659. The zero-order valence-corrected chi connectivity index (χ0v) is 12.2. The second kappa shape index (κ2) is 6.30. The number of carbonyl (C=O) groups is 1. The Morgan fingerprint density at radius 1 is 1.52 bits per heavy atom. The highest BCUT2D eigenvalue weighted by molar-refractivity contribution is 5.86. The molecule has 0 saturated carbocycles. The summed E-state index contributed by atoms with van der Waals surface area (Å²) in [5.41, 5.74) is 1.33. The van der Waals surface area contributed by atoms with Gasteiger partial charge in [0, 0.05) is 11.8 Å². The fraction of sp³-hybridized carbons (Fsp3) is 0.333. The Morgan fingerprint density at radius 2 is 2.29 bits per heavy atom. The molecular formula is C15H18N2O4. The van der Waals surface area contributed by atoms with E-state index >= 15 is 0 Å². The lowest BCUT2D eigenvalue weighted by Gasteiger charge is -2.13. The Bertz CT molecular complexity index is 634. The monoisotopic (exact) mass is 290 g/mol. The van der Waals surface area contributed by atoms with Gasteiger partial charge in [-0.2, -0.15) is 0 Å². The highest BCUT2D eigenvalue weighted by atomic mass is 16.5. The number of carboxylic acid groups (broad SMARTS) is 1. The fourth-order valence-electron chi connectivity index (χ4n) is 1.87. The van der Waals surface area contributed by atoms with E-state index in [2.05, 4.69) is 10.3 Å². The second-order valence-corrected chi connectivity index (χ2v) is 4.91. The summed E-state index contributed by atoms with van der Waals surface area (Å²) in [5.74, 6) is -0.0425. The molecule has 0 saturated heterocycles. The number of aromatic carboxylic acids is 1. The van der Waals surface area contributed by atoms with Gasteiger partial charge in [0.2, 0.25) is 11.6 Å². The van der Waals surface area contributed by atoms with Crippen molar-refractivity contribution in [1.82, 2.24) is 4.98 Å². The molecule has 0 atom stereocenters. The number of rotatable bonds is 6. The summed E-state index contributed by atoms with van der Waals surface area (Å²) in [6.07, 6.45) is 1.67. The van der Waals surface area contributed by atoms with Gasteiger partial charge in [0.15, 0.2) is 0 Å². The summed E-state index contributed by atoms with van der Waals surface area (Å²) in [6, 6.07) is 5.35. The lowest BCUT2D eigenvalue weighted by Crippen LogP contribution is -2.09. The molecule has 6 heteroatoms. The SMILES string of the molecule is Cc1cc(CNc2cccnc2OC(C)C)oc1C(=O)O. The average Bonchev–Trinajstić information content (AvgIpc) is 2.78. The topological polar surface area (TPSA) is 84.6 Å². The smallest absolute Gasteiger partial charge is 0.372 e. The molecule has 21 heavy (non-hydrogen) atoms. The van der Waals surface area contributed by atoms with Crippen LogP contribution >= 0.6 is 0 Å². The van der Waals surface area contributed by atoms with Crippen LogP contribution in [-0.4, -0.2) is 22.2 Å². The molecule has 0 spiro atoms. The van der Waals surface area contributed by atoms with Crippen LogP contribution in [0.25, 0.3) is 0 Å². The maximum atomic E-state index is 10.9. The van der Waals surface area contributed by atoms with E-state index in [1.165, 1.54) is 0 Å². The van der Waals surface area contributed by atoms with Crippen LogP contribution in [0.15, 0.2) is 28.8 Å². The van der Waals surface area contributed by atoms with Gasteiger partial charge in [0.05, 0.1) is 18.3 Å². The van der Waals surface area contributed by atoms with Crippen molar-refractivity contribution >= 4 is 11.7 Å². The molecule has 0 aliphatic heterocycles. The maximum absolute atomic E-state index is 10.9. The number of ether oxygens (including phenoxy) is 1. The molecule has 0 fully saturated rings. The number of aryl methyl sites for hydroxylation is 1. The standard InChI is InChI=1S/C15H18N2O4/c1-9(2)20-14-12(5-4-6-16-14)17-8-11-7-10(3)13(21-11)15(18)19/h4-7,9,17H,8H2,1-3H3,(H,18,19). The average molecular weight is 290 g/mol. The van der Waals surface area contributed by atoms with Crippen LogP contribution in [0.3, 0.4) is 0 Å². The Hall–Kier alpha value is -2.50. The molecule has 0 aromatic carbocycles. The van der Waals surface area contributed by atoms with Gasteiger partial charge in [0.25, 0.3) is 0 Å². The number of nitrogens with zero attached hydrogens (tertiary/aromatic N) is 1. The van der Waals surface area contributed by atoms with Crippen LogP contribution in [0.1, 0.15) is 35.7 Å². The predicted octanol–water partition coefficient (Wildman–Crippen LogP) is 3.08. The maximum Gasteiger partial charge on any atom is 0.372 e. The quantitative estimate of drug-likeness (QED) is 0.850. The molecule has 0 unspecified atom stereocenters. The molecule has 0 bridgehead atoms. The number of hydrogen-bond donors (Lipinski definition) is 2. The van der Waals surface area contributed by atoms with Crippen molar-refractivity contribution < 1.29 is 19.1 Å². The zero-order valence-electron chi connectivity index (χ0n) is 12.2. The van der Waals surface area contributed by atoms with E-state index in [-0.39, 0.29) is 11.9 Å². The third-order valence-corrected chi connectivity index (χ3v) is 2.73. The second-order valence-electron chi connectivity index (χ2n) is 4.91. The number of nitrogens with one attached hydrogen (secondary N) is 1. The molecule has 0 amide bonds. The van der Waals surface area contributed by atoms with E-state index in [9.17, 15) is 4.79 Å². The van der Waals surface area contributed by atoms with Crippen LogP contribution in [0, 0.1) is 6.92 Å². The summed E-state index contributed by atoms with van der Waals surface area (Å²) in [6.45, 7) is 5.91. The minimum Gasteiger partial charge on any atom is -0.475 e. The van der Waals surface area contributed by atoms with E-state index in [4.69, 9.17) is 14.3 Å². The van der Waals surface area contributed by atoms with Crippen LogP contribution in [0.2, 0.25) is 0 Å². The molecule has 0 aliphatic carbocycles. The van der Waals surface area contributed by atoms with Gasteiger partial charge in [-0.25, -0.2) is 9.78 Å². The highest BCUT2D eigenvalue weighted by Gasteiger charge is 2.14. The molecular weight excluding hydrogens is 272 g/mol. The van der Waals surface area contributed by atoms with Crippen molar-refractivity contribution in [2.75, 3.05) is 5.32 Å². The first-order chi connectivity index (χ1) is 9.97. The van der Waals surface area contributed by atoms with Crippen LogP contribution in [-0.2, 0) is 6.54 Å². The summed E-state index contributed by atoms with van der Waals surface area (Å²) < 4.78 is 10.9. The Labute approximate surface area is 122 Å². The van der Waals surface area contributed by atoms with E-state index in [0.717, 1.165) is 5.69 Å². The molecule has 2 rings (SSSR count). The number of anilines is 1. The Morgan fingerprint density at radius 3 is 2.90 bits per heavy atom. The molecule has 112 valence electrons. The van der Waals surface area contributed by atoms with Crippen molar-refractivity contribution in [2.45, 2.75) is 33.4 Å². The Kier molecular flexibility index (Phi) is 4.47. The van der Waals surface area contributed by atoms with Crippen molar-refractivity contribution in [3.05, 3.63) is 41.5 Å². The number of carboxylic acids is 1. The largest absolute Gasteiger partial charge is 0.475 e. The first-order valence-electron chi connectivity index (χ1n) is 6.65. The van der Waals surface area contributed by atoms with Gasteiger partial charge in [-0.1, -0.05) is 0 Å². The van der Waals surface area contributed by atoms with Crippen molar-refractivity contribution in [3.8, 4) is 5.88 Å². The van der Waals surface area contributed by atoms with E-state index < -0.39 is 5.97 Å². The van der Waals surface area contributed by atoms with Crippen LogP contribution in [0.4, 0.5) is 5.69 Å². The van der Waals surface area contributed by atoms with Crippen LogP contribution in [0.5, 0.6) is 5.88 Å². The predicted molar refractivity (Wildman–Crippen MR) is 77.7 cm³/mol. The first kappa shape index (κ1) is 14.9. The van der Waals surface area contributed by atoms with Crippen molar-refractivity contribution in [2.24, 2.45) is 0 Å². The van der Waals surface area contributed by atoms with Gasteiger partial charge in [-0.3, -0.25) is 0 Å². The highest BCUT2D eigenvalue weighted by Crippen LogP contribution is 2.23. The summed E-state index contributed by atoms with van der Waals surface area (Å²) in [5, 5.41) is 12.1. The molecule has 0 aliphatic rings. The Balaban J connectivity index is 2.09. The third kappa shape index (κ3) is 3.75. The van der Waals surface area contributed by atoms with E-state index in [1.54, 1.807) is 25.3 Å². The van der Waals surface area contributed by atoms with Gasteiger partial charge >= 0.3 is 5.97 Å². The van der Waals surface area contributed by atoms with Crippen LogP contribution < -0.4 is 10.1 Å².